The Balaban J connectivity index is 2.61. The molecule has 1 aromatic rings. The summed E-state index contributed by atoms with van der Waals surface area (Å²) in [7, 11) is 1.79. The van der Waals surface area contributed by atoms with Crippen LogP contribution in [0.3, 0.4) is 0 Å². The number of hydrogen-bond donors (Lipinski definition) is 1. The maximum Gasteiger partial charge on any atom is 0.0917 e. The van der Waals surface area contributed by atoms with E-state index in [4.69, 9.17) is 16.9 Å². The fourth-order valence-electron chi connectivity index (χ4n) is 1.30. The fourth-order valence-corrected chi connectivity index (χ4v) is 1.50. The first-order valence-electron chi connectivity index (χ1n) is 4.62. The lowest BCUT2D eigenvalue weighted by Gasteiger charge is -2.17. The smallest absolute Gasteiger partial charge is 0.0917 e. The first-order chi connectivity index (χ1) is 7.13. The molecule has 0 spiro atoms. The Kier molecular flexibility index (Phi) is 4.57. The van der Waals surface area contributed by atoms with Crippen molar-refractivity contribution in [1.29, 1.82) is 5.26 Å². The van der Waals surface area contributed by atoms with Crippen molar-refractivity contribution in [2.45, 2.75) is 6.10 Å². The van der Waals surface area contributed by atoms with Crippen LogP contribution in [0.25, 0.3) is 0 Å². The van der Waals surface area contributed by atoms with Gasteiger partial charge >= 0.3 is 0 Å². The number of hydrogen-bond acceptors (Lipinski definition) is 3. The van der Waals surface area contributed by atoms with Gasteiger partial charge in [-0.15, -0.1) is 0 Å². The Morgan fingerprint density at radius 3 is 2.93 bits per heavy atom. The molecule has 15 heavy (non-hydrogen) atoms. The molecule has 0 saturated heterocycles. The van der Waals surface area contributed by atoms with Gasteiger partial charge in [0, 0.05) is 11.6 Å². The summed E-state index contributed by atoms with van der Waals surface area (Å²) in [6.45, 7) is 0.728. The second-order valence-corrected chi connectivity index (χ2v) is 3.86. The number of halogens is 1. The molecule has 0 amide bonds. The predicted octanol–water partition coefficient (Wildman–Crippen LogP) is 1.83. The molecule has 0 aliphatic heterocycles. The molecule has 1 atom stereocenters. The highest BCUT2D eigenvalue weighted by Gasteiger charge is 2.10. The van der Waals surface area contributed by atoms with Crippen molar-refractivity contribution in [3.05, 3.63) is 34.9 Å². The van der Waals surface area contributed by atoms with Gasteiger partial charge in [-0.3, -0.25) is 4.90 Å². The van der Waals surface area contributed by atoms with E-state index in [-0.39, 0.29) is 0 Å². The quantitative estimate of drug-likeness (QED) is 0.794. The Morgan fingerprint density at radius 1 is 1.60 bits per heavy atom. The molecule has 1 rings (SSSR count). The van der Waals surface area contributed by atoms with Crippen LogP contribution in [-0.2, 0) is 0 Å². The summed E-state index contributed by atoms with van der Waals surface area (Å²) in [5.41, 5.74) is 0.771. The van der Waals surface area contributed by atoms with E-state index in [1.54, 1.807) is 30.1 Å². The molecular formula is C11H13ClN2O. The highest BCUT2D eigenvalue weighted by Crippen LogP contribution is 2.18. The van der Waals surface area contributed by atoms with Crippen molar-refractivity contribution in [2.75, 3.05) is 20.1 Å². The Labute approximate surface area is 94.5 Å². The second kappa shape index (κ2) is 5.72. The molecule has 0 heterocycles. The molecule has 3 nitrogen and oxygen atoms in total. The van der Waals surface area contributed by atoms with Crippen LogP contribution in [0.15, 0.2) is 24.3 Å². The van der Waals surface area contributed by atoms with Crippen LogP contribution >= 0.6 is 11.6 Å². The average Bonchev–Trinajstić information content (AvgIpc) is 2.18. The molecule has 1 N–H and O–H groups in total. The first-order valence-corrected chi connectivity index (χ1v) is 5.00. The van der Waals surface area contributed by atoms with Gasteiger partial charge in [0.25, 0.3) is 0 Å². The highest BCUT2D eigenvalue weighted by atomic mass is 35.5. The lowest BCUT2D eigenvalue weighted by atomic mass is 10.1. The molecule has 0 radical (unpaired) electrons. The van der Waals surface area contributed by atoms with Crippen LogP contribution in [0.4, 0.5) is 0 Å². The van der Waals surface area contributed by atoms with Crippen LogP contribution in [-0.4, -0.2) is 30.1 Å². The molecule has 4 heteroatoms. The monoisotopic (exact) mass is 224 g/mol. The molecule has 0 saturated carbocycles. The normalized spacial score (nSPS) is 12.5. The number of nitriles is 1. The predicted molar refractivity (Wildman–Crippen MR) is 59.5 cm³/mol. The van der Waals surface area contributed by atoms with E-state index in [2.05, 4.69) is 0 Å². The largest absolute Gasteiger partial charge is 0.387 e. The van der Waals surface area contributed by atoms with Crippen LogP contribution in [0.2, 0.25) is 5.02 Å². The first kappa shape index (κ1) is 12.0. The minimum absolute atomic E-state index is 0.303. The molecule has 0 aliphatic carbocycles. The zero-order valence-corrected chi connectivity index (χ0v) is 9.28. The van der Waals surface area contributed by atoms with Gasteiger partial charge < -0.3 is 5.11 Å². The lowest BCUT2D eigenvalue weighted by molar-refractivity contribution is 0.133. The van der Waals surface area contributed by atoms with Gasteiger partial charge in [0.1, 0.15) is 0 Å². The minimum Gasteiger partial charge on any atom is -0.387 e. The Morgan fingerprint density at radius 2 is 2.33 bits per heavy atom. The van der Waals surface area contributed by atoms with Gasteiger partial charge in [0.2, 0.25) is 0 Å². The van der Waals surface area contributed by atoms with E-state index >= 15 is 0 Å². The van der Waals surface area contributed by atoms with Gasteiger partial charge in [0.05, 0.1) is 18.7 Å². The summed E-state index contributed by atoms with van der Waals surface area (Å²) in [6, 6.07) is 9.13. The summed E-state index contributed by atoms with van der Waals surface area (Å²) in [5.74, 6) is 0. The van der Waals surface area contributed by atoms with Gasteiger partial charge in [0.15, 0.2) is 0 Å². The molecule has 0 aromatic heterocycles. The average molecular weight is 225 g/mol. The topological polar surface area (TPSA) is 47.3 Å². The van der Waals surface area contributed by atoms with Crippen molar-refractivity contribution in [2.24, 2.45) is 0 Å². The SMILES string of the molecule is CN(CC#N)CC(O)c1cccc(Cl)c1. The molecule has 0 aliphatic rings. The number of benzene rings is 1. The molecular weight excluding hydrogens is 212 g/mol. The fraction of sp³-hybridized carbons (Fsp3) is 0.364. The third-order valence-corrected chi connectivity index (χ3v) is 2.29. The van der Waals surface area contributed by atoms with Crippen LogP contribution in [0, 0.1) is 11.3 Å². The summed E-state index contributed by atoms with van der Waals surface area (Å²) in [5, 5.41) is 18.9. The van der Waals surface area contributed by atoms with Gasteiger partial charge in [-0.1, -0.05) is 23.7 Å². The molecule has 1 aromatic carbocycles. The van der Waals surface area contributed by atoms with E-state index in [0.29, 0.717) is 18.1 Å². The zero-order chi connectivity index (χ0) is 11.3. The van der Waals surface area contributed by atoms with E-state index < -0.39 is 6.10 Å². The van der Waals surface area contributed by atoms with E-state index in [9.17, 15) is 5.11 Å². The van der Waals surface area contributed by atoms with Crippen molar-refractivity contribution in [1.82, 2.24) is 4.90 Å². The van der Waals surface area contributed by atoms with Crippen molar-refractivity contribution in [3.8, 4) is 6.07 Å². The molecule has 0 bridgehead atoms. The maximum atomic E-state index is 9.83. The summed E-state index contributed by atoms with van der Waals surface area (Å²) in [4.78, 5) is 1.76. The van der Waals surface area contributed by atoms with E-state index in [0.717, 1.165) is 5.56 Å². The van der Waals surface area contributed by atoms with Crippen LogP contribution < -0.4 is 0 Å². The molecule has 80 valence electrons. The van der Waals surface area contributed by atoms with Gasteiger partial charge in [-0.05, 0) is 24.7 Å². The van der Waals surface area contributed by atoms with Gasteiger partial charge in [-0.25, -0.2) is 0 Å². The number of likely N-dealkylation sites (N-methyl/N-ethyl adjacent to an activating group) is 1. The van der Waals surface area contributed by atoms with Crippen molar-refractivity contribution >= 4 is 11.6 Å². The Hall–Kier alpha value is -1.08. The van der Waals surface area contributed by atoms with Crippen molar-refractivity contribution < 1.29 is 5.11 Å². The molecule has 1 unspecified atom stereocenters. The number of rotatable bonds is 4. The summed E-state index contributed by atoms with van der Waals surface area (Å²) in [6.07, 6.45) is -0.609. The number of aliphatic hydroxyl groups excluding tert-OH is 1. The van der Waals surface area contributed by atoms with Crippen LogP contribution in [0.1, 0.15) is 11.7 Å². The number of aliphatic hydroxyl groups is 1. The van der Waals surface area contributed by atoms with Crippen molar-refractivity contribution in [3.63, 3.8) is 0 Å². The summed E-state index contributed by atoms with van der Waals surface area (Å²) >= 11 is 5.81. The lowest BCUT2D eigenvalue weighted by Crippen LogP contribution is -2.24. The van der Waals surface area contributed by atoms with E-state index in [1.807, 2.05) is 12.1 Å². The Bertz CT molecular complexity index is 362. The molecule has 0 fully saturated rings. The minimum atomic E-state index is -0.609. The number of nitrogens with zero attached hydrogens (tertiary/aromatic N) is 2. The second-order valence-electron chi connectivity index (χ2n) is 3.43. The van der Waals surface area contributed by atoms with Crippen LogP contribution in [0.5, 0.6) is 0 Å². The standard InChI is InChI=1S/C11H13ClN2O/c1-14(6-5-13)8-11(15)9-3-2-4-10(12)7-9/h2-4,7,11,15H,6,8H2,1H3. The third kappa shape index (κ3) is 3.88. The van der Waals surface area contributed by atoms with Gasteiger partial charge in [-0.2, -0.15) is 5.26 Å². The highest BCUT2D eigenvalue weighted by molar-refractivity contribution is 6.30. The maximum absolute atomic E-state index is 9.83. The third-order valence-electron chi connectivity index (χ3n) is 2.06. The van der Waals surface area contributed by atoms with E-state index in [1.165, 1.54) is 0 Å². The zero-order valence-electron chi connectivity index (χ0n) is 8.52. The summed E-state index contributed by atoms with van der Waals surface area (Å²) < 4.78 is 0.